The minimum atomic E-state index is -4.34. The highest BCUT2D eigenvalue weighted by Crippen LogP contribution is 2.32. The van der Waals surface area contributed by atoms with Gasteiger partial charge >= 0.3 is 6.18 Å². The van der Waals surface area contributed by atoms with E-state index < -0.39 is 11.7 Å². The lowest BCUT2D eigenvalue weighted by Gasteiger charge is -2.12. The zero-order chi connectivity index (χ0) is 20.1. The van der Waals surface area contributed by atoms with Crippen LogP contribution in [0.4, 0.5) is 18.9 Å². The van der Waals surface area contributed by atoms with E-state index in [4.69, 9.17) is 5.73 Å². The van der Waals surface area contributed by atoms with E-state index in [0.29, 0.717) is 6.54 Å². The molecule has 0 aromatic heterocycles. The van der Waals surface area contributed by atoms with Gasteiger partial charge in [-0.3, -0.25) is 4.99 Å². The van der Waals surface area contributed by atoms with Crippen LogP contribution in [0.25, 0.3) is 11.1 Å². The summed E-state index contributed by atoms with van der Waals surface area (Å²) >= 11 is 0. The second-order valence-corrected chi connectivity index (χ2v) is 6.58. The Morgan fingerprint density at radius 1 is 0.893 bits per heavy atom. The largest absolute Gasteiger partial charge is 0.416 e. The van der Waals surface area contributed by atoms with Gasteiger partial charge in [0, 0.05) is 23.5 Å². The maximum Gasteiger partial charge on any atom is 0.416 e. The number of hydrogen-bond donors (Lipinski definition) is 1. The Hall–Kier alpha value is -3.08. The van der Waals surface area contributed by atoms with E-state index in [2.05, 4.69) is 4.99 Å². The third-order valence-electron chi connectivity index (χ3n) is 4.57. The summed E-state index contributed by atoms with van der Waals surface area (Å²) in [5.41, 5.74) is 10.3. The summed E-state index contributed by atoms with van der Waals surface area (Å²) in [7, 11) is 0. The van der Waals surface area contributed by atoms with Gasteiger partial charge in [0.25, 0.3) is 0 Å². The standard InChI is InChI=1S/C23H21F3N2/c1-16(28-15-14-17-6-12-20(27)13-7-17)21-4-2-3-5-22(21)18-8-10-19(11-9-18)23(24,25)26/h2-13H,14-15,27H2,1H3. The fraction of sp³-hybridized carbons (Fsp3) is 0.174. The maximum absolute atomic E-state index is 12.8. The van der Waals surface area contributed by atoms with Crippen LogP contribution in [-0.4, -0.2) is 12.3 Å². The van der Waals surface area contributed by atoms with Crippen molar-refractivity contribution in [3.63, 3.8) is 0 Å². The SMILES string of the molecule is CC(=NCCc1ccc(N)cc1)c1ccccc1-c1ccc(C(F)(F)F)cc1. The number of nitrogens with two attached hydrogens (primary N) is 1. The molecule has 28 heavy (non-hydrogen) atoms. The molecule has 0 aliphatic rings. The summed E-state index contributed by atoms with van der Waals surface area (Å²) < 4.78 is 38.4. The molecule has 0 saturated heterocycles. The Morgan fingerprint density at radius 2 is 1.54 bits per heavy atom. The molecule has 0 aliphatic carbocycles. The van der Waals surface area contributed by atoms with Gasteiger partial charge < -0.3 is 5.73 Å². The molecule has 0 saturated carbocycles. The molecule has 0 fully saturated rings. The first-order valence-electron chi connectivity index (χ1n) is 8.97. The van der Waals surface area contributed by atoms with Gasteiger partial charge in [0.05, 0.1) is 5.56 Å². The third-order valence-corrected chi connectivity index (χ3v) is 4.57. The number of rotatable bonds is 5. The second kappa shape index (κ2) is 8.30. The normalized spacial score (nSPS) is 12.2. The molecule has 144 valence electrons. The van der Waals surface area contributed by atoms with E-state index in [1.165, 1.54) is 12.1 Å². The van der Waals surface area contributed by atoms with Crippen molar-refractivity contribution in [1.82, 2.24) is 0 Å². The minimum Gasteiger partial charge on any atom is -0.399 e. The van der Waals surface area contributed by atoms with E-state index in [0.717, 1.165) is 52.2 Å². The number of alkyl halides is 3. The van der Waals surface area contributed by atoms with Crippen molar-refractivity contribution >= 4 is 11.4 Å². The molecule has 2 nitrogen and oxygen atoms in total. The number of halogens is 3. The lowest BCUT2D eigenvalue weighted by Crippen LogP contribution is -2.04. The number of nitrogens with zero attached hydrogens (tertiary/aromatic N) is 1. The van der Waals surface area contributed by atoms with E-state index in [1.807, 2.05) is 55.5 Å². The van der Waals surface area contributed by atoms with Crippen LogP contribution in [0.2, 0.25) is 0 Å². The molecule has 0 bridgehead atoms. The summed E-state index contributed by atoms with van der Waals surface area (Å²) in [5, 5.41) is 0. The van der Waals surface area contributed by atoms with Crippen molar-refractivity contribution < 1.29 is 13.2 Å². The zero-order valence-electron chi connectivity index (χ0n) is 15.5. The smallest absolute Gasteiger partial charge is 0.399 e. The van der Waals surface area contributed by atoms with Crippen LogP contribution in [0.5, 0.6) is 0 Å². The Balaban J connectivity index is 1.80. The van der Waals surface area contributed by atoms with Crippen molar-refractivity contribution in [1.29, 1.82) is 0 Å². The van der Waals surface area contributed by atoms with Crippen LogP contribution in [-0.2, 0) is 12.6 Å². The quantitative estimate of drug-likeness (QED) is 0.426. The molecule has 0 radical (unpaired) electrons. The van der Waals surface area contributed by atoms with Crippen LogP contribution in [0.1, 0.15) is 23.6 Å². The number of anilines is 1. The van der Waals surface area contributed by atoms with Gasteiger partial charge in [-0.25, -0.2) is 0 Å². The monoisotopic (exact) mass is 382 g/mol. The summed E-state index contributed by atoms with van der Waals surface area (Å²) in [4.78, 5) is 4.66. The average molecular weight is 382 g/mol. The number of aliphatic imine (C=N–C) groups is 1. The molecule has 0 amide bonds. The predicted octanol–water partition coefficient (Wildman–Crippen LogP) is 6.01. The van der Waals surface area contributed by atoms with E-state index in [-0.39, 0.29) is 0 Å². The molecule has 3 rings (SSSR count). The van der Waals surface area contributed by atoms with Crippen molar-refractivity contribution in [2.45, 2.75) is 19.5 Å². The first-order valence-corrected chi connectivity index (χ1v) is 8.97. The number of benzene rings is 3. The van der Waals surface area contributed by atoms with Gasteiger partial charge in [-0.2, -0.15) is 13.2 Å². The van der Waals surface area contributed by atoms with Gasteiger partial charge in [-0.15, -0.1) is 0 Å². The minimum absolute atomic E-state index is 0.622. The molecule has 5 heteroatoms. The molecule has 0 aliphatic heterocycles. The van der Waals surface area contributed by atoms with Crippen molar-refractivity contribution in [2.75, 3.05) is 12.3 Å². The number of hydrogen-bond acceptors (Lipinski definition) is 2. The molecule has 0 unspecified atom stereocenters. The highest BCUT2D eigenvalue weighted by atomic mass is 19.4. The van der Waals surface area contributed by atoms with Crippen LogP contribution in [0.3, 0.4) is 0 Å². The molecule has 0 spiro atoms. The Bertz CT molecular complexity index is 956. The summed E-state index contributed by atoms with van der Waals surface area (Å²) in [6.07, 6.45) is -3.54. The van der Waals surface area contributed by atoms with Crippen molar-refractivity contribution in [3.05, 3.63) is 89.5 Å². The Morgan fingerprint density at radius 3 is 2.18 bits per heavy atom. The van der Waals surface area contributed by atoms with Gasteiger partial charge in [-0.05, 0) is 54.3 Å². The first kappa shape index (κ1) is 19.7. The van der Waals surface area contributed by atoms with Crippen molar-refractivity contribution in [3.8, 4) is 11.1 Å². The summed E-state index contributed by atoms with van der Waals surface area (Å²) in [5.74, 6) is 0. The molecular weight excluding hydrogens is 361 g/mol. The van der Waals surface area contributed by atoms with Crippen LogP contribution in [0.15, 0.2) is 77.8 Å². The van der Waals surface area contributed by atoms with E-state index in [1.54, 1.807) is 0 Å². The second-order valence-electron chi connectivity index (χ2n) is 6.58. The highest BCUT2D eigenvalue weighted by molar-refractivity contribution is 6.04. The van der Waals surface area contributed by atoms with Gasteiger partial charge in [-0.1, -0.05) is 48.5 Å². The zero-order valence-corrected chi connectivity index (χ0v) is 15.5. The van der Waals surface area contributed by atoms with Crippen LogP contribution in [0, 0.1) is 0 Å². The molecule has 0 atom stereocenters. The average Bonchev–Trinajstić information content (AvgIpc) is 2.69. The predicted molar refractivity (Wildman–Crippen MR) is 109 cm³/mol. The Labute approximate surface area is 162 Å². The van der Waals surface area contributed by atoms with Crippen LogP contribution < -0.4 is 5.73 Å². The molecule has 3 aromatic rings. The fourth-order valence-corrected chi connectivity index (χ4v) is 3.01. The lowest BCUT2D eigenvalue weighted by molar-refractivity contribution is -0.137. The Kier molecular flexibility index (Phi) is 5.83. The van der Waals surface area contributed by atoms with E-state index in [9.17, 15) is 13.2 Å². The summed E-state index contributed by atoms with van der Waals surface area (Å²) in [6.45, 7) is 2.54. The van der Waals surface area contributed by atoms with Gasteiger partial charge in [0.1, 0.15) is 0 Å². The fourth-order valence-electron chi connectivity index (χ4n) is 3.01. The topological polar surface area (TPSA) is 38.4 Å². The molecular formula is C23H21F3N2. The van der Waals surface area contributed by atoms with Gasteiger partial charge in [0.15, 0.2) is 0 Å². The maximum atomic E-state index is 12.8. The summed E-state index contributed by atoms with van der Waals surface area (Å²) in [6, 6.07) is 20.5. The number of nitrogen functional groups attached to an aromatic ring is 1. The molecule has 3 aromatic carbocycles. The molecule has 0 heterocycles. The highest BCUT2D eigenvalue weighted by Gasteiger charge is 2.30. The van der Waals surface area contributed by atoms with Gasteiger partial charge in [0.2, 0.25) is 0 Å². The van der Waals surface area contributed by atoms with E-state index >= 15 is 0 Å². The van der Waals surface area contributed by atoms with Crippen LogP contribution >= 0.6 is 0 Å². The lowest BCUT2D eigenvalue weighted by atomic mass is 9.96. The third kappa shape index (κ3) is 4.80. The van der Waals surface area contributed by atoms with Crippen molar-refractivity contribution in [2.24, 2.45) is 4.99 Å². The molecule has 2 N–H and O–H groups in total. The first-order chi connectivity index (χ1) is 13.3.